The number of aromatic carboxylic acids is 1. The van der Waals surface area contributed by atoms with Crippen molar-refractivity contribution in [2.24, 2.45) is 5.92 Å². The minimum atomic E-state index is -1.04. The molecule has 0 unspecified atom stereocenters. The molecule has 204 valence electrons. The van der Waals surface area contributed by atoms with Crippen LogP contribution in [0.3, 0.4) is 0 Å². The number of nitrogens with zero attached hydrogens (tertiary/aromatic N) is 1. The second-order valence-electron chi connectivity index (χ2n) is 8.93. The average Bonchev–Trinajstić information content (AvgIpc) is 2.96. The zero-order chi connectivity index (χ0) is 27.8. The van der Waals surface area contributed by atoms with Gasteiger partial charge in [0.15, 0.2) is 6.29 Å². The van der Waals surface area contributed by atoms with Gasteiger partial charge in [0.1, 0.15) is 11.6 Å². The first-order chi connectivity index (χ1) is 18.9. The van der Waals surface area contributed by atoms with E-state index in [1.165, 1.54) is 23.9 Å². The van der Waals surface area contributed by atoms with Gasteiger partial charge in [-0.1, -0.05) is 56.0 Å². The lowest BCUT2D eigenvalue weighted by molar-refractivity contribution is -0.268. The Kier molecular flexibility index (Phi) is 9.72. The van der Waals surface area contributed by atoms with Gasteiger partial charge in [-0.3, -0.25) is 5.32 Å². The molecule has 1 aliphatic rings. The third-order valence-electron chi connectivity index (χ3n) is 6.25. The number of pyridine rings is 1. The second kappa shape index (κ2) is 13.4. The molecule has 9 nitrogen and oxygen atoms in total. The van der Waals surface area contributed by atoms with Gasteiger partial charge in [-0.2, -0.15) is 0 Å². The molecule has 3 N–H and O–H groups in total. The third-order valence-corrected chi connectivity index (χ3v) is 7.34. The molecular weight excluding hydrogens is 520 g/mol. The summed E-state index contributed by atoms with van der Waals surface area (Å²) in [7, 11) is 0. The highest BCUT2D eigenvalue weighted by molar-refractivity contribution is 7.99. The van der Waals surface area contributed by atoms with Crippen molar-refractivity contribution in [2.75, 3.05) is 17.7 Å². The van der Waals surface area contributed by atoms with E-state index in [4.69, 9.17) is 14.2 Å². The number of rotatable bonds is 10. The highest BCUT2D eigenvalue weighted by Gasteiger charge is 2.38. The van der Waals surface area contributed by atoms with Crippen LogP contribution in [0.1, 0.15) is 46.4 Å². The summed E-state index contributed by atoms with van der Waals surface area (Å²) in [6.45, 7) is 5.59. The van der Waals surface area contributed by atoms with Gasteiger partial charge in [-0.05, 0) is 35.4 Å². The van der Waals surface area contributed by atoms with Gasteiger partial charge < -0.3 is 24.4 Å². The van der Waals surface area contributed by atoms with Gasteiger partial charge >= 0.3 is 12.1 Å². The molecular formula is C29H30N2O7S. The second-order valence-corrected chi connectivity index (χ2v) is 9.94. The first-order valence-electron chi connectivity index (χ1n) is 12.4. The maximum Gasteiger partial charge on any atom is 0.411 e. The predicted octanol–water partition coefficient (Wildman–Crippen LogP) is 5.59. The number of hydrogen-bond acceptors (Lipinski definition) is 8. The summed E-state index contributed by atoms with van der Waals surface area (Å²) < 4.78 is 17.9. The molecule has 39 heavy (non-hydrogen) atoms. The summed E-state index contributed by atoms with van der Waals surface area (Å²) in [5.41, 5.74) is 3.06. The molecule has 1 fully saturated rings. The number of hydrogen-bond donors (Lipinski definition) is 3. The molecule has 1 saturated heterocycles. The highest BCUT2D eigenvalue weighted by atomic mass is 32.2. The Labute approximate surface area is 230 Å². The van der Waals surface area contributed by atoms with Crippen molar-refractivity contribution in [3.8, 4) is 0 Å². The van der Waals surface area contributed by atoms with Crippen LogP contribution in [0.4, 0.5) is 10.5 Å². The first kappa shape index (κ1) is 28.3. The van der Waals surface area contributed by atoms with E-state index in [-0.39, 0.29) is 36.9 Å². The third kappa shape index (κ3) is 7.24. The Morgan fingerprint density at radius 3 is 2.64 bits per heavy atom. The van der Waals surface area contributed by atoms with Crippen molar-refractivity contribution in [3.63, 3.8) is 0 Å². The van der Waals surface area contributed by atoms with Crippen LogP contribution in [0, 0.1) is 5.92 Å². The molecule has 0 saturated carbocycles. The molecule has 2 heterocycles. The lowest BCUT2D eigenvalue weighted by Crippen LogP contribution is -2.38. The number of aliphatic hydroxyl groups is 1. The van der Waals surface area contributed by atoms with E-state index >= 15 is 0 Å². The summed E-state index contributed by atoms with van der Waals surface area (Å²) in [6, 6.07) is 17.8. The van der Waals surface area contributed by atoms with Crippen molar-refractivity contribution in [1.29, 1.82) is 0 Å². The van der Waals surface area contributed by atoms with E-state index in [1.54, 1.807) is 30.5 Å². The lowest BCUT2D eigenvalue weighted by atomic mass is 9.91. The summed E-state index contributed by atoms with van der Waals surface area (Å²) in [5, 5.41) is 22.1. The molecule has 0 bridgehead atoms. The Morgan fingerprint density at radius 2 is 1.92 bits per heavy atom. The zero-order valence-electron chi connectivity index (χ0n) is 21.4. The molecule has 0 spiro atoms. The molecule has 0 aliphatic carbocycles. The fourth-order valence-electron chi connectivity index (χ4n) is 4.19. The van der Waals surface area contributed by atoms with E-state index < -0.39 is 18.4 Å². The summed E-state index contributed by atoms with van der Waals surface area (Å²) in [5.74, 6) is -0.696. The monoisotopic (exact) mass is 550 g/mol. The number of amides is 1. The topological polar surface area (TPSA) is 127 Å². The van der Waals surface area contributed by atoms with Crippen LogP contribution < -0.4 is 5.32 Å². The van der Waals surface area contributed by atoms with Gasteiger partial charge in [0.25, 0.3) is 0 Å². The predicted molar refractivity (Wildman–Crippen MR) is 146 cm³/mol. The number of benzene rings is 2. The van der Waals surface area contributed by atoms with E-state index in [9.17, 15) is 19.8 Å². The summed E-state index contributed by atoms with van der Waals surface area (Å²) in [4.78, 5) is 27.9. The fraction of sp³-hybridized carbons (Fsp3) is 0.276. The van der Waals surface area contributed by atoms with Crippen LogP contribution in [0.2, 0.25) is 0 Å². The van der Waals surface area contributed by atoms with Crippen molar-refractivity contribution in [2.45, 2.75) is 37.1 Å². The molecule has 10 heteroatoms. The Bertz CT molecular complexity index is 1300. The quantitative estimate of drug-likeness (QED) is 0.219. The number of carboxylic acids is 1. The first-order valence-corrected chi connectivity index (χ1v) is 13.3. The van der Waals surface area contributed by atoms with Crippen LogP contribution in [-0.4, -0.2) is 45.7 Å². The number of carboxylic acid groups (broad SMARTS) is 1. The van der Waals surface area contributed by atoms with Gasteiger partial charge in [-0.15, -0.1) is 11.8 Å². The van der Waals surface area contributed by atoms with Gasteiger partial charge in [0.05, 0.1) is 24.4 Å². The maximum atomic E-state index is 12.0. The number of carbonyl (C=O) groups excluding carboxylic acids is 1. The maximum absolute atomic E-state index is 12.0. The van der Waals surface area contributed by atoms with Gasteiger partial charge in [0, 0.05) is 29.1 Å². The standard InChI is InChI=1S/C29H30N2O7S/c1-3-14-36-29(35)31-22-7-4-6-21(15-22)28-37-24(17-39-26-23(27(33)34)8-5-13-30-26)18(2)25(38-28)20-11-9-19(16-32)10-12-20/h3-13,15,18,24-25,28,32H,1,14,16-17H2,2H3,(H,31,35)(H,33,34)/t18-,24+,25+,28+/m0/s1. The zero-order valence-corrected chi connectivity index (χ0v) is 22.2. The molecule has 2 aromatic carbocycles. The number of aromatic nitrogens is 1. The SMILES string of the molecule is C=CCOC(=O)Nc1cccc([C@@H]2O[C@H](CSc3ncccc3C(=O)O)[C@H](C)[C@H](c3ccc(CO)cc3)O2)c1. The van der Waals surface area contributed by atoms with Gasteiger partial charge in [-0.25, -0.2) is 14.6 Å². The van der Waals surface area contributed by atoms with Crippen molar-refractivity contribution in [1.82, 2.24) is 4.98 Å². The van der Waals surface area contributed by atoms with Crippen LogP contribution in [-0.2, 0) is 20.8 Å². The van der Waals surface area contributed by atoms with Crippen LogP contribution in [0.25, 0.3) is 0 Å². The van der Waals surface area contributed by atoms with E-state index in [0.717, 1.165) is 11.1 Å². The minimum Gasteiger partial charge on any atom is -0.478 e. The average molecular weight is 551 g/mol. The molecule has 3 aromatic rings. The van der Waals surface area contributed by atoms with Crippen LogP contribution in [0.15, 0.2) is 84.5 Å². The number of aliphatic hydroxyl groups excluding tert-OH is 1. The van der Waals surface area contributed by atoms with E-state index in [1.807, 2.05) is 37.3 Å². The fourth-order valence-corrected chi connectivity index (χ4v) is 5.34. The molecule has 4 rings (SSSR count). The molecule has 4 atom stereocenters. The van der Waals surface area contributed by atoms with E-state index in [2.05, 4.69) is 16.9 Å². The highest BCUT2D eigenvalue weighted by Crippen LogP contribution is 2.43. The normalized spacial score (nSPS) is 20.7. The number of anilines is 1. The van der Waals surface area contributed by atoms with E-state index in [0.29, 0.717) is 22.0 Å². The molecule has 1 aromatic heterocycles. The minimum absolute atomic E-state index is 0.0582. The number of nitrogens with one attached hydrogen (secondary N) is 1. The summed E-state index contributed by atoms with van der Waals surface area (Å²) in [6.07, 6.45) is 1.01. The van der Waals surface area contributed by atoms with Crippen LogP contribution >= 0.6 is 11.8 Å². The van der Waals surface area contributed by atoms with Crippen molar-refractivity contribution < 1.29 is 34.0 Å². The summed E-state index contributed by atoms with van der Waals surface area (Å²) >= 11 is 1.32. The molecule has 0 radical (unpaired) electrons. The Hall–Kier alpha value is -3.70. The van der Waals surface area contributed by atoms with Gasteiger partial charge in [0.2, 0.25) is 0 Å². The number of ether oxygens (including phenoxy) is 3. The van der Waals surface area contributed by atoms with Crippen molar-refractivity contribution >= 4 is 29.5 Å². The Balaban J connectivity index is 1.59. The van der Waals surface area contributed by atoms with Crippen molar-refractivity contribution in [3.05, 3.63) is 102 Å². The largest absolute Gasteiger partial charge is 0.478 e. The van der Waals surface area contributed by atoms with Crippen LogP contribution in [0.5, 0.6) is 0 Å². The smallest absolute Gasteiger partial charge is 0.411 e. The number of thioether (sulfide) groups is 1. The molecule has 1 aliphatic heterocycles. The molecule has 1 amide bonds. The Morgan fingerprint density at radius 1 is 1.13 bits per heavy atom. The number of carbonyl (C=O) groups is 2. The lowest BCUT2D eigenvalue weighted by Gasteiger charge is -2.41.